The molecular weight excluding hydrogens is 252 g/mol. The fourth-order valence-electron chi connectivity index (χ4n) is 1.50. The van der Waals surface area contributed by atoms with E-state index in [0.717, 1.165) is 6.07 Å². The molecule has 0 bridgehead atoms. The second kappa shape index (κ2) is 5.46. The molecular formula is C14H9F2NO2. The van der Waals surface area contributed by atoms with Gasteiger partial charge in [0.1, 0.15) is 23.1 Å². The summed E-state index contributed by atoms with van der Waals surface area (Å²) < 4.78 is 31.5. The van der Waals surface area contributed by atoms with Crippen molar-refractivity contribution < 1.29 is 18.6 Å². The van der Waals surface area contributed by atoms with Gasteiger partial charge in [0.25, 0.3) is 0 Å². The van der Waals surface area contributed by atoms with Crippen molar-refractivity contribution in [2.24, 2.45) is 0 Å². The lowest BCUT2D eigenvalue weighted by molar-refractivity contribution is 0.230. The lowest BCUT2D eigenvalue weighted by Crippen LogP contribution is -1.98. The SMILES string of the molecule is N#CC(O)c1cc(Oc2ccc(F)cc2)ccc1F. The third kappa shape index (κ3) is 3.06. The Bertz CT molecular complexity index is 620. The Morgan fingerprint density at radius 1 is 1.05 bits per heavy atom. The minimum atomic E-state index is -1.56. The van der Waals surface area contributed by atoms with E-state index in [9.17, 15) is 13.9 Å². The highest BCUT2D eigenvalue weighted by molar-refractivity contribution is 5.36. The molecule has 2 aromatic rings. The molecule has 3 nitrogen and oxygen atoms in total. The van der Waals surface area contributed by atoms with Crippen molar-refractivity contribution in [2.45, 2.75) is 6.10 Å². The van der Waals surface area contributed by atoms with E-state index in [2.05, 4.69) is 0 Å². The third-order valence-corrected chi connectivity index (χ3v) is 2.43. The van der Waals surface area contributed by atoms with Gasteiger partial charge in [-0.15, -0.1) is 0 Å². The van der Waals surface area contributed by atoms with E-state index < -0.39 is 17.7 Å². The molecule has 2 rings (SSSR count). The number of ether oxygens (including phenoxy) is 1. The predicted octanol–water partition coefficient (Wildman–Crippen LogP) is 3.31. The van der Waals surface area contributed by atoms with Crippen molar-refractivity contribution in [3.63, 3.8) is 0 Å². The summed E-state index contributed by atoms with van der Waals surface area (Å²) in [6.45, 7) is 0. The molecule has 0 aliphatic rings. The molecule has 0 saturated heterocycles. The van der Waals surface area contributed by atoms with Crippen LogP contribution in [0.2, 0.25) is 0 Å². The Kier molecular flexibility index (Phi) is 3.74. The summed E-state index contributed by atoms with van der Waals surface area (Å²) in [5.41, 5.74) is -0.165. The molecule has 0 fully saturated rings. The maximum Gasteiger partial charge on any atom is 0.168 e. The van der Waals surface area contributed by atoms with E-state index in [1.54, 1.807) is 0 Å². The lowest BCUT2D eigenvalue weighted by Gasteiger charge is -2.09. The standard InChI is InChI=1S/C14H9F2NO2/c15-9-1-3-10(4-2-9)19-11-5-6-13(16)12(7-11)14(18)8-17/h1-7,14,18H. The van der Waals surface area contributed by atoms with E-state index in [1.165, 1.54) is 42.5 Å². The van der Waals surface area contributed by atoms with Crippen molar-refractivity contribution >= 4 is 0 Å². The minimum absolute atomic E-state index is 0.165. The van der Waals surface area contributed by atoms with Crippen LogP contribution in [0.25, 0.3) is 0 Å². The number of halogens is 2. The number of aliphatic hydroxyl groups excluding tert-OH is 1. The van der Waals surface area contributed by atoms with Gasteiger partial charge in [-0.25, -0.2) is 8.78 Å². The van der Waals surface area contributed by atoms with Crippen molar-refractivity contribution in [1.82, 2.24) is 0 Å². The summed E-state index contributed by atoms with van der Waals surface area (Å²) in [4.78, 5) is 0. The summed E-state index contributed by atoms with van der Waals surface area (Å²) in [5, 5.41) is 17.9. The first-order valence-electron chi connectivity index (χ1n) is 5.40. The molecule has 0 spiro atoms. The van der Waals surface area contributed by atoms with E-state index in [1.807, 2.05) is 0 Å². The summed E-state index contributed by atoms with van der Waals surface area (Å²) >= 11 is 0. The first-order chi connectivity index (χ1) is 9.10. The van der Waals surface area contributed by atoms with Gasteiger partial charge >= 0.3 is 0 Å². The van der Waals surface area contributed by atoms with Crippen molar-refractivity contribution in [2.75, 3.05) is 0 Å². The number of nitriles is 1. The molecule has 0 radical (unpaired) electrons. The lowest BCUT2D eigenvalue weighted by atomic mass is 10.1. The van der Waals surface area contributed by atoms with Gasteiger partial charge in [-0.05, 0) is 42.5 Å². The maximum absolute atomic E-state index is 13.4. The summed E-state index contributed by atoms with van der Waals surface area (Å²) in [6.07, 6.45) is -1.56. The van der Waals surface area contributed by atoms with Gasteiger partial charge in [0, 0.05) is 5.56 Å². The first kappa shape index (κ1) is 13.0. The second-order valence-corrected chi connectivity index (χ2v) is 3.77. The Morgan fingerprint density at radius 2 is 1.68 bits per heavy atom. The Balaban J connectivity index is 2.26. The number of aliphatic hydroxyl groups is 1. The molecule has 96 valence electrons. The Morgan fingerprint density at radius 3 is 2.32 bits per heavy atom. The molecule has 1 N–H and O–H groups in total. The third-order valence-electron chi connectivity index (χ3n) is 2.43. The van der Waals surface area contributed by atoms with Crippen LogP contribution >= 0.6 is 0 Å². The van der Waals surface area contributed by atoms with Crippen LogP contribution in [0.4, 0.5) is 8.78 Å². The van der Waals surface area contributed by atoms with Crippen molar-refractivity contribution in [3.8, 4) is 17.6 Å². The molecule has 1 atom stereocenters. The summed E-state index contributed by atoms with van der Waals surface area (Å²) in [7, 11) is 0. The van der Waals surface area contributed by atoms with Gasteiger partial charge in [0.15, 0.2) is 6.10 Å². The number of hydrogen-bond acceptors (Lipinski definition) is 3. The van der Waals surface area contributed by atoms with E-state index in [-0.39, 0.29) is 11.3 Å². The van der Waals surface area contributed by atoms with Crippen LogP contribution in [0.5, 0.6) is 11.5 Å². The Labute approximate surface area is 108 Å². The maximum atomic E-state index is 13.4. The predicted molar refractivity (Wildman–Crippen MR) is 63.4 cm³/mol. The highest BCUT2D eigenvalue weighted by atomic mass is 19.1. The smallest absolute Gasteiger partial charge is 0.168 e. The monoisotopic (exact) mass is 261 g/mol. The number of hydrogen-bond donors (Lipinski definition) is 1. The molecule has 0 amide bonds. The van der Waals surface area contributed by atoms with Crippen molar-refractivity contribution in [3.05, 3.63) is 59.7 Å². The van der Waals surface area contributed by atoms with Gasteiger partial charge in [0.2, 0.25) is 0 Å². The highest BCUT2D eigenvalue weighted by Crippen LogP contribution is 2.26. The van der Waals surface area contributed by atoms with Gasteiger partial charge in [0.05, 0.1) is 6.07 Å². The fraction of sp³-hybridized carbons (Fsp3) is 0.0714. The zero-order valence-electron chi connectivity index (χ0n) is 9.68. The molecule has 2 aromatic carbocycles. The van der Waals surface area contributed by atoms with Crippen LogP contribution in [-0.2, 0) is 0 Å². The van der Waals surface area contributed by atoms with Crippen LogP contribution < -0.4 is 4.74 Å². The average molecular weight is 261 g/mol. The largest absolute Gasteiger partial charge is 0.457 e. The number of nitrogens with zero attached hydrogens (tertiary/aromatic N) is 1. The minimum Gasteiger partial charge on any atom is -0.457 e. The molecule has 0 aliphatic heterocycles. The van der Waals surface area contributed by atoms with Crippen LogP contribution in [0, 0.1) is 23.0 Å². The topological polar surface area (TPSA) is 53.2 Å². The van der Waals surface area contributed by atoms with Crippen LogP contribution in [0.3, 0.4) is 0 Å². The first-order valence-corrected chi connectivity index (χ1v) is 5.40. The molecule has 5 heteroatoms. The van der Waals surface area contributed by atoms with Crippen LogP contribution in [-0.4, -0.2) is 5.11 Å². The molecule has 19 heavy (non-hydrogen) atoms. The fourth-order valence-corrected chi connectivity index (χ4v) is 1.50. The van der Waals surface area contributed by atoms with Gasteiger partial charge in [-0.1, -0.05) is 0 Å². The van der Waals surface area contributed by atoms with Crippen LogP contribution in [0.1, 0.15) is 11.7 Å². The quantitative estimate of drug-likeness (QED) is 0.862. The van der Waals surface area contributed by atoms with Gasteiger partial charge in [-0.2, -0.15) is 5.26 Å². The molecule has 0 heterocycles. The zero-order valence-corrected chi connectivity index (χ0v) is 9.68. The summed E-state index contributed by atoms with van der Waals surface area (Å²) in [5.74, 6) is -0.477. The summed E-state index contributed by atoms with van der Waals surface area (Å²) in [6, 6.07) is 10.5. The van der Waals surface area contributed by atoms with Gasteiger partial charge < -0.3 is 9.84 Å². The number of benzene rings is 2. The molecule has 0 aliphatic carbocycles. The van der Waals surface area contributed by atoms with Crippen molar-refractivity contribution in [1.29, 1.82) is 5.26 Å². The van der Waals surface area contributed by atoms with Crippen LogP contribution in [0.15, 0.2) is 42.5 Å². The zero-order chi connectivity index (χ0) is 13.8. The van der Waals surface area contributed by atoms with E-state index in [0.29, 0.717) is 5.75 Å². The molecule has 0 saturated carbocycles. The highest BCUT2D eigenvalue weighted by Gasteiger charge is 2.13. The van der Waals surface area contributed by atoms with Gasteiger partial charge in [-0.3, -0.25) is 0 Å². The second-order valence-electron chi connectivity index (χ2n) is 3.77. The number of rotatable bonds is 3. The average Bonchev–Trinajstić information content (AvgIpc) is 2.42. The van der Waals surface area contributed by atoms with E-state index >= 15 is 0 Å². The van der Waals surface area contributed by atoms with E-state index in [4.69, 9.17) is 10.00 Å². The molecule has 0 aromatic heterocycles. The Hall–Kier alpha value is -2.45. The molecule has 1 unspecified atom stereocenters. The normalized spacial score (nSPS) is 11.7.